The molecule has 1 N–H and O–H groups in total. The molecule has 1 aromatic rings. The van der Waals surface area contributed by atoms with E-state index in [-0.39, 0.29) is 5.91 Å². The van der Waals surface area contributed by atoms with Crippen LogP contribution in [0.1, 0.15) is 45.6 Å². The highest BCUT2D eigenvalue weighted by atomic mass is 16.2. The van der Waals surface area contributed by atoms with E-state index in [4.69, 9.17) is 0 Å². The van der Waals surface area contributed by atoms with Crippen LogP contribution in [0.3, 0.4) is 0 Å². The molecule has 2 heterocycles. The van der Waals surface area contributed by atoms with E-state index in [0.717, 1.165) is 32.6 Å². The monoisotopic (exact) mass is 318 g/mol. The second-order valence-corrected chi connectivity index (χ2v) is 6.74. The van der Waals surface area contributed by atoms with Crippen molar-refractivity contribution >= 4 is 11.7 Å². The van der Waals surface area contributed by atoms with Crippen LogP contribution in [0.5, 0.6) is 0 Å². The molecule has 1 aliphatic rings. The molecule has 1 saturated heterocycles. The molecule has 1 atom stereocenters. The van der Waals surface area contributed by atoms with E-state index < -0.39 is 0 Å². The van der Waals surface area contributed by atoms with Crippen molar-refractivity contribution in [2.75, 3.05) is 38.0 Å². The third kappa shape index (κ3) is 5.29. The number of amides is 1. The minimum atomic E-state index is 0.0202. The first-order chi connectivity index (χ1) is 11.0. The van der Waals surface area contributed by atoms with Crippen LogP contribution in [-0.4, -0.2) is 59.5 Å². The Morgan fingerprint density at radius 2 is 1.91 bits per heavy atom. The van der Waals surface area contributed by atoms with Gasteiger partial charge in [-0.2, -0.15) is 0 Å². The largest absolute Gasteiger partial charge is 0.310 e. The Bertz CT molecular complexity index is 492. The van der Waals surface area contributed by atoms with Crippen molar-refractivity contribution in [3.8, 4) is 0 Å². The molecule has 1 amide bonds. The van der Waals surface area contributed by atoms with E-state index >= 15 is 0 Å². The molecular formula is C18H30N4O. The van der Waals surface area contributed by atoms with Gasteiger partial charge in [0.1, 0.15) is 5.82 Å². The van der Waals surface area contributed by atoms with Crippen molar-refractivity contribution in [1.29, 1.82) is 0 Å². The lowest BCUT2D eigenvalue weighted by molar-refractivity contribution is -0.117. The maximum atomic E-state index is 12.2. The third-order valence-electron chi connectivity index (χ3n) is 4.74. The van der Waals surface area contributed by atoms with Crippen molar-refractivity contribution in [2.24, 2.45) is 0 Å². The molecule has 0 aromatic carbocycles. The Labute approximate surface area is 140 Å². The molecule has 0 radical (unpaired) electrons. The van der Waals surface area contributed by atoms with E-state index in [1.54, 1.807) is 0 Å². The summed E-state index contributed by atoms with van der Waals surface area (Å²) in [6, 6.07) is 4.54. The zero-order chi connectivity index (χ0) is 16.8. The lowest BCUT2D eigenvalue weighted by atomic mass is 10.0. The minimum Gasteiger partial charge on any atom is -0.310 e. The highest BCUT2D eigenvalue weighted by Crippen LogP contribution is 2.18. The third-order valence-corrected chi connectivity index (χ3v) is 4.74. The molecule has 0 bridgehead atoms. The first-order valence-electron chi connectivity index (χ1n) is 8.71. The molecule has 1 unspecified atom stereocenters. The zero-order valence-corrected chi connectivity index (χ0v) is 14.9. The Morgan fingerprint density at radius 1 is 1.22 bits per heavy atom. The van der Waals surface area contributed by atoms with Gasteiger partial charge in [0.2, 0.25) is 5.91 Å². The van der Waals surface area contributed by atoms with Crippen LogP contribution in [0.25, 0.3) is 0 Å². The summed E-state index contributed by atoms with van der Waals surface area (Å²) in [5, 5.41) is 2.90. The molecule has 1 aromatic heterocycles. The summed E-state index contributed by atoms with van der Waals surface area (Å²) < 4.78 is 0. The van der Waals surface area contributed by atoms with Crippen molar-refractivity contribution in [3.63, 3.8) is 0 Å². The molecule has 2 rings (SSSR count). The van der Waals surface area contributed by atoms with E-state index in [9.17, 15) is 4.79 Å². The van der Waals surface area contributed by atoms with Gasteiger partial charge in [-0.3, -0.25) is 14.6 Å². The summed E-state index contributed by atoms with van der Waals surface area (Å²) >= 11 is 0. The quantitative estimate of drug-likeness (QED) is 0.876. The molecule has 1 fully saturated rings. The average Bonchev–Trinajstić information content (AvgIpc) is 2.55. The number of rotatable bonds is 6. The van der Waals surface area contributed by atoms with Gasteiger partial charge in [0, 0.05) is 38.4 Å². The fourth-order valence-corrected chi connectivity index (χ4v) is 2.83. The van der Waals surface area contributed by atoms with E-state index in [1.807, 2.05) is 12.3 Å². The van der Waals surface area contributed by atoms with Crippen molar-refractivity contribution in [2.45, 2.75) is 46.1 Å². The first-order valence-corrected chi connectivity index (χ1v) is 8.71. The SMILES string of the molecule is CCC(C)c1ccc(NC(=O)CN2CCN(C(C)C)CC2)nc1. The van der Waals surface area contributed by atoms with Crippen LogP contribution in [0.4, 0.5) is 5.82 Å². The van der Waals surface area contributed by atoms with Crippen molar-refractivity contribution in [3.05, 3.63) is 23.9 Å². The second kappa shape index (κ2) is 8.41. The smallest absolute Gasteiger partial charge is 0.239 e. The fraction of sp³-hybridized carbons (Fsp3) is 0.667. The summed E-state index contributed by atoms with van der Waals surface area (Å²) in [4.78, 5) is 21.2. The Hall–Kier alpha value is -1.46. The van der Waals surface area contributed by atoms with Crippen LogP contribution in [-0.2, 0) is 4.79 Å². The number of hydrogen-bond acceptors (Lipinski definition) is 4. The number of nitrogens with one attached hydrogen (secondary N) is 1. The predicted octanol–water partition coefficient (Wildman–Crippen LogP) is 2.56. The molecule has 128 valence electrons. The topological polar surface area (TPSA) is 48.5 Å². The van der Waals surface area contributed by atoms with Gasteiger partial charge in [-0.05, 0) is 37.8 Å². The fourth-order valence-electron chi connectivity index (χ4n) is 2.83. The molecular weight excluding hydrogens is 288 g/mol. The summed E-state index contributed by atoms with van der Waals surface area (Å²) in [6.07, 6.45) is 2.96. The predicted molar refractivity (Wildman–Crippen MR) is 94.7 cm³/mol. The van der Waals surface area contributed by atoms with Gasteiger partial charge in [0.15, 0.2) is 0 Å². The molecule has 5 nitrogen and oxygen atoms in total. The zero-order valence-electron chi connectivity index (χ0n) is 14.9. The number of aromatic nitrogens is 1. The molecule has 0 spiro atoms. The lowest BCUT2D eigenvalue weighted by Gasteiger charge is -2.36. The standard InChI is InChI=1S/C18H30N4O/c1-5-15(4)16-6-7-17(19-12-16)20-18(23)13-21-8-10-22(11-9-21)14(2)3/h6-7,12,14-15H,5,8-11,13H2,1-4H3,(H,19,20,23). The number of nitrogens with zero attached hydrogens (tertiary/aromatic N) is 3. The lowest BCUT2D eigenvalue weighted by Crippen LogP contribution is -2.50. The Kier molecular flexibility index (Phi) is 6.54. The van der Waals surface area contributed by atoms with Crippen LogP contribution in [0.15, 0.2) is 18.3 Å². The minimum absolute atomic E-state index is 0.0202. The number of anilines is 1. The molecule has 5 heteroatoms. The van der Waals surface area contributed by atoms with Crippen LogP contribution < -0.4 is 5.32 Å². The van der Waals surface area contributed by atoms with Crippen molar-refractivity contribution in [1.82, 2.24) is 14.8 Å². The van der Waals surface area contributed by atoms with E-state index in [1.165, 1.54) is 5.56 Å². The maximum absolute atomic E-state index is 12.2. The first kappa shape index (κ1) is 17.9. The van der Waals surface area contributed by atoms with Gasteiger partial charge >= 0.3 is 0 Å². The summed E-state index contributed by atoms with van der Waals surface area (Å²) in [6.45, 7) is 13.2. The summed E-state index contributed by atoms with van der Waals surface area (Å²) in [5.74, 6) is 1.17. The van der Waals surface area contributed by atoms with Gasteiger partial charge < -0.3 is 5.32 Å². The molecule has 0 aliphatic carbocycles. The van der Waals surface area contributed by atoms with E-state index in [0.29, 0.717) is 24.3 Å². The molecule has 0 saturated carbocycles. The van der Waals surface area contributed by atoms with Crippen molar-refractivity contribution < 1.29 is 4.79 Å². The van der Waals surface area contributed by atoms with Crippen LogP contribution in [0, 0.1) is 0 Å². The average molecular weight is 318 g/mol. The normalized spacial score (nSPS) is 18.1. The Balaban J connectivity index is 1.79. The van der Waals surface area contributed by atoms with Gasteiger partial charge in [-0.15, -0.1) is 0 Å². The number of piperazine rings is 1. The number of hydrogen-bond donors (Lipinski definition) is 1. The maximum Gasteiger partial charge on any atom is 0.239 e. The summed E-state index contributed by atoms with van der Waals surface area (Å²) in [5.41, 5.74) is 1.22. The summed E-state index contributed by atoms with van der Waals surface area (Å²) in [7, 11) is 0. The van der Waals surface area contributed by atoms with E-state index in [2.05, 4.69) is 53.9 Å². The van der Waals surface area contributed by atoms with Gasteiger partial charge in [0.25, 0.3) is 0 Å². The van der Waals surface area contributed by atoms with Gasteiger partial charge in [0.05, 0.1) is 6.54 Å². The highest BCUT2D eigenvalue weighted by molar-refractivity contribution is 5.91. The van der Waals surface area contributed by atoms with Gasteiger partial charge in [-0.25, -0.2) is 4.98 Å². The highest BCUT2D eigenvalue weighted by Gasteiger charge is 2.20. The molecule has 1 aliphatic heterocycles. The number of carbonyl (C=O) groups is 1. The van der Waals surface area contributed by atoms with Crippen LogP contribution >= 0.6 is 0 Å². The Morgan fingerprint density at radius 3 is 2.43 bits per heavy atom. The second-order valence-electron chi connectivity index (χ2n) is 6.74. The number of pyridine rings is 1. The van der Waals surface area contributed by atoms with Crippen LogP contribution in [0.2, 0.25) is 0 Å². The van der Waals surface area contributed by atoms with Gasteiger partial charge in [-0.1, -0.05) is 19.9 Å². The number of carbonyl (C=O) groups excluding carboxylic acids is 1. The molecule has 23 heavy (non-hydrogen) atoms.